The van der Waals surface area contributed by atoms with E-state index in [1.54, 1.807) is 61.8 Å². The molecule has 302 valence electrons. The molecule has 6 rings (SSSR count). The number of anilines is 2. The van der Waals surface area contributed by atoms with Crippen molar-refractivity contribution in [1.29, 1.82) is 0 Å². The Morgan fingerprint density at radius 1 is 0.895 bits per heavy atom. The van der Waals surface area contributed by atoms with Crippen LogP contribution in [0.5, 0.6) is 11.5 Å². The van der Waals surface area contributed by atoms with Crippen LogP contribution in [0.1, 0.15) is 49.9 Å². The fourth-order valence-corrected chi connectivity index (χ4v) is 7.11. The molecule has 57 heavy (non-hydrogen) atoms. The Labute approximate surface area is 332 Å². The molecule has 0 aliphatic carbocycles. The number of halogens is 6. The Hall–Kier alpha value is -5.44. The minimum Gasteiger partial charge on any atom is -0.497 e. The van der Waals surface area contributed by atoms with Crippen molar-refractivity contribution in [3.05, 3.63) is 99.8 Å². The zero-order valence-electron chi connectivity index (χ0n) is 32.5. The van der Waals surface area contributed by atoms with Gasteiger partial charge in [0.15, 0.2) is 5.82 Å². The Kier molecular flexibility index (Phi) is 11.7. The Balaban J connectivity index is 1.46. The van der Waals surface area contributed by atoms with Crippen LogP contribution < -0.4 is 19.3 Å². The van der Waals surface area contributed by atoms with Gasteiger partial charge in [0.2, 0.25) is 0 Å². The predicted molar refractivity (Wildman–Crippen MR) is 208 cm³/mol. The molecule has 0 radical (unpaired) electrons. The number of piperazine rings is 1. The Morgan fingerprint density at radius 3 is 1.98 bits per heavy atom. The molecule has 16 heteroatoms. The van der Waals surface area contributed by atoms with E-state index >= 15 is 8.78 Å². The summed E-state index contributed by atoms with van der Waals surface area (Å²) in [4.78, 5) is 29.9. The minimum atomic E-state index is -4.99. The highest BCUT2D eigenvalue weighted by molar-refractivity contribution is 6.34. The largest absolute Gasteiger partial charge is 0.497 e. The highest BCUT2D eigenvalue weighted by atomic mass is 35.5. The molecule has 0 saturated carbocycles. The average Bonchev–Trinajstić information content (AvgIpc) is 3.14. The molecule has 1 saturated heterocycles. The molecule has 1 unspecified atom stereocenters. The monoisotopic (exact) mass is 812 g/mol. The van der Waals surface area contributed by atoms with Crippen LogP contribution >= 0.6 is 11.6 Å². The van der Waals surface area contributed by atoms with Gasteiger partial charge < -0.3 is 28.9 Å². The molecule has 5 aromatic rings. The summed E-state index contributed by atoms with van der Waals surface area (Å²) in [7, 11) is 3.07. The molecule has 1 atom stereocenters. The van der Waals surface area contributed by atoms with Crippen molar-refractivity contribution < 1.29 is 41.0 Å². The second-order valence-electron chi connectivity index (χ2n) is 14.8. The van der Waals surface area contributed by atoms with Gasteiger partial charge in [-0.2, -0.15) is 27.5 Å². The van der Waals surface area contributed by atoms with Crippen LogP contribution in [-0.4, -0.2) is 71.4 Å². The van der Waals surface area contributed by atoms with E-state index in [0.717, 1.165) is 11.1 Å². The summed E-state index contributed by atoms with van der Waals surface area (Å²) in [6, 6.07) is 16.4. The van der Waals surface area contributed by atoms with Crippen LogP contribution in [0.4, 0.5) is 38.4 Å². The maximum atomic E-state index is 17.0. The number of nitrogens with zero attached hydrogens (tertiary/aromatic N) is 6. The van der Waals surface area contributed by atoms with E-state index in [9.17, 15) is 18.0 Å². The standard InChI is InChI=1S/C41H42ClF5N6O4/c1-23-18-31(52(21-25-8-12-27(55-6)13-9-25)22-26-10-14-28(56-7)15-11-26)48-36(33(23)41(45,46)47)32-30(42)19-29-35(34(32)43)49-38(44)50-37(29)53-17-16-51(20-24(53)2)39(54)57-40(3,4)5/h8-15,18-19,24H,16-17,20-22H2,1-7H3. The quantitative estimate of drug-likeness (QED) is 0.107. The molecule has 10 nitrogen and oxygen atoms in total. The number of aromatic nitrogens is 3. The number of hydrogen-bond acceptors (Lipinski definition) is 9. The number of pyridine rings is 1. The zero-order valence-corrected chi connectivity index (χ0v) is 33.2. The van der Waals surface area contributed by atoms with Gasteiger partial charge in [-0.15, -0.1) is 0 Å². The molecule has 3 aromatic carbocycles. The number of amides is 1. The SMILES string of the molecule is COc1ccc(CN(Cc2ccc(OC)cc2)c2cc(C)c(C(F)(F)F)c(-c3c(Cl)cc4c(N5CCN(C(=O)OC(C)(C)C)CC5C)nc(F)nc4c3F)n2)cc1. The molecular formula is C41H42ClF5N6O4. The van der Waals surface area contributed by atoms with Crippen LogP contribution in [0.3, 0.4) is 0 Å². The smallest absolute Gasteiger partial charge is 0.418 e. The number of fused-ring (bicyclic) bond motifs is 1. The maximum Gasteiger partial charge on any atom is 0.418 e. The topological polar surface area (TPSA) is 93.2 Å². The fraction of sp³-hybridized carbons (Fsp3) is 0.366. The summed E-state index contributed by atoms with van der Waals surface area (Å²) < 4.78 is 93.2. The molecular weight excluding hydrogens is 771 g/mol. The number of carbonyl (C=O) groups is 1. The molecule has 0 spiro atoms. The van der Waals surface area contributed by atoms with Crippen molar-refractivity contribution in [1.82, 2.24) is 19.9 Å². The molecule has 0 N–H and O–H groups in total. The van der Waals surface area contributed by atoms with Gasteiger partial charge in [-0.25, -0.2) is 14.2 Å². The van der Waals surface area contributed by atoms with Crippen molar-refractivity contribution in [2.45, 2.75) is 65.5 Å². The second kappa shape index (κ2) is 16.2. The number of carbonyl (C=O) groups excluding carboxylic acids is 1. The van der Waals surface area contributed by atoms with Gasteiger partial charge in [0, 0.05) is 44.2 Å². The van der Waals surface area contributed by atoms with Crippen molar-refractivity contribution in [2.75, 3.05) is 43.7 Å². The van der Waals surface area contributed by atoms with E-state index in [0.29, 0.717) is 11.5 Å². The Morgan fingerprint density at radius 2 is 1.47 bits per heavy atom. The maximum absolute atomic E-state index is 17.0. The van der Waals surface area contributed by atoms with Crippen LogP contribution in [0.15, 0.2) is 60.7 Å². The number of ether oxygens (including phenoxy) is 3. The van der Waals surface area contributed by atoms with Gasteiger partial charge in [0.25, 0.3) is 0 Å². The third-order valence-electron chi connectivity index (χ3n) is 9.50. The van der Waals surface area contributed by atoms with Crippen LogP contribution in [0.2, 0.25) is 5.02 Å². The summed E-state index contributed by atoms with van der Waals surface area (Å²) in [5, 5.41) is -0.440. The van der Waals surface area contributed by atoms with E-state index in [2.05, 4.69) is 15.0 Å². The van der Waals surface area contributed by atoms with Gasteiger partial charge in [-0.1, -0.05) is 35.9 Å². The summed E-state index contributed by atoms with van der Waals surface area (Å²) >= 11 is 6.76. The highest BCUT2D eigenvalue weighted by Gasteiger charge is 2.39. The number of alkyl halides is 3. The molecule has 1 aliphatic rings. The first-order chi connectivity index (χ1) is 26.9. The number of hydrogen-bond donors (Lipinski definition) is 0. The van der Waals surface area contributed by atoms with E-state index in [4.69, 9.17) is 25.8 Å². The third-order valence-corrected chi connectivity index (χ3v) is 9.80. The lowest BCUT2D eigenvalue weighted by atomic mass is 9.98. The minimum absolute atomic E-state index is 0.0257. The van der Waals surface area contributed by atoms with Crippen molar-refractivity contribution in [3.63, 3.8) is 0 Å². The Bertz CT molecular complexity index is 2220. The first-order valence-electron chi connectivity index (χ1n) is 18.1. The third kappa shape index (κ3) is 9.08. The normalized spacial score (nSPS) is 14.9. The number of methoxy groups -OCH3 is 2. The van der Waals surface area contributed by atoms with Crippen molar-refractivity contribution in [2.24, 2.45) is 0 Å². The molecule has 0 bridgehead atoms. The summed E-state index contributed by atoms with van der Waals surface area (Å²) in [5.41, 5.74) is -2.63. The van der Waals surface area contributed by atoms with Crippen molar-refractivity contribution in [3.8, 4) is 22.8 Å². The lowest BCUT2D eigenvalue weighted by Crippen LogP contribution is -2.55. The van der Waals surface area contributed by atoms with Crippen molar-refractivity contribution >= 4 is 40.2 Å². The molecule has 1 aliphatic heterocycles. The van der Waals surface area contributed by atoms with E-state index in [-0.39, 0.29) is 55.3 Å². The highest BCUT2D eigenvalue weighted by Crippen LogP contribution is 2.45. The van der Waals surface area contributed by atoms with E-state index in [1.807, 2.05) is 24.3 Å². The number of aryl methyl sites for hydroxylation is 1. The molecule has 3 heterocycles. The zero-order chi connectivity index (χ0) is 41.4. The van der Waals surface area contributed by atoms with Gasteiger partial charge in [-0.05, 0) is 87.7 Å². The number of rotatable bonds is 9. The fourth-order valence-electron chi connectivity index (χ4n) is 6.83. The lowest BCUT2D eigenvalue weighted by molar-refractivity contribution is -0.137. The summed E-state index contributed by atoms with van der Waals surface area (Å²) in [6.45, 7) is 9.18. The average molecular weight is 813 g/mol. The molecule has 1 fully saturated rings. The summed E-state index contributed by atoms with van der Waals surface area (Å²) in [5.74, 6) is 0.0119. The second-order valence-corrected chi connectivity index (χ2v) is 15.2. The lowest BCUT2D eigenvalue weighted by Gasteiger charge is -2.41. The number of benzene rings is 3. The van der Waals surface area contributed by atoms with E-state index < -0.39 is 63.2 Å². The predicted octanol–water partition coefficient (Wildman–Crippen LogP) is 9.62. The molecule has 1 amide bonds. The summed E-state index contributed by atoms with van der Waals surface area (Å²) in [6.07, 6.45) is -6.81. The van der Waals surface area contributed by atoms with Gasteiger partial charge in [0.1, 0.15) is 34.3 Å². The van der Waals surface area contributed by atoms with Gasteiger partial charge >= 0.3 is 18.3 Å². The van der Waals surface area contributed by atoms with Crippen LogP contribution in [0, 0.1) is 18.8 Å². The van der Waals surface area contributed by atoms with Gasteiger partial charge in [0.05, 0.1) is 36.1 Å². The first-order valence-corrected chi connectivity index (χ1v) is 18.4. The first kappa shape index (κ1) is 41.2. The van der Waals surface area contributed by atoms with Crippen LogP contribution in [0.25, 0.3) is 22.2 Å². The van der Waals surface area contributed by atoms with E-state index in [1.165, 1.54) is 38.2 Å². The molecule has 2 aromatic heterocycles. The van der Waals surface area contributed by atoms with Gasteiger partial charge in [-0.3, -0.25) is 0 Å². The van der Waals surface area contributed by atoms with Crippen LogP contribution in [-0.2, 0) is 24.0 Å².